The highest BCUT2D eigenvalue weighted by molar-refractivity contribution is 5.89. The van der Waals surface area contributed by atoms with E-state index < -0.39 is 6.03 Å². The lowest BCUT2D eigenvalue weighted by molar-refractivity contribution is -0.145. The summed E-state index contributed by atoms with van der Waals surface area (Å²) in [6, 6.07) is 4.98. The topological polar surface area (TPSA) is 67.4 Å². The Morgan fingerprint density at radius 3 is 2.38 bits per heavy atom. The lowest BCUT2D eigenvalue weighted by Crippen LogP contribution is -2.36. The monoisotopic (exact) mass is 296 g/mol. The van der Waals surface area contributed by atoms with Gasteiger partial charge in [0.2, 0.25) is 0 Å². The number of rotatable bonds is 6. The predicted octanol–water partition coefficient (Wildman–Crippen LogP) is 2.78. The molecular weight excluding hydrogens is 275 g/mol. The highest BCUT2D eigenvalue weighted by Gasteiger charge is 2.21. The molecule has 0 saturated heterocycles. The number of benzene rings is 1. The number of hydrogen-bond donors (Lipinski definition) is 2. The van der Waals surface area contributed by atoms with Crippen LogP contribution in [-0.2, 0) is 9.53 Å². The van der Waals surface area contributed by atoms with E-state index in [-0.39, 0.29) is 24.2 Å². The standard InChI is InChI=1S/C15H21FN2O3/c1-10(2)8-11(14(19)21-3)9-17-15(20)18-13-6-4-12(16)5-7-13/h4-7,10-11H,8-9H2,1-3H3,(H2,17,18,20)/t11-/m0/s1. The van der Waals surface area contributed by atoms with Gasteiger partial charge >= 0.3 is 12.0 Å². The van der Waals surface area contributed by atoms with Crippen LogP contribution in [0.2, 0.25) is 0 Å². The Morgan fingerprint density at radius 1 is 1.24 bits per heavy atom. The third-order valence-corrected chi connectivity index (χ3v) is 2.90. The number of amides is 2. The van der Waals surface area contributed by atoms with E-state index in [1.165, 1.54) is 31.4 Å². The molecule has 0 aliphatic heterocycles. The molecule has 6 heteroatoms. The van der Waals surface area contributed by atoms with Crippen LogP contribution in [0.1, 0.15) is 20.3 Å². The minimum absolute atomic E-state index is 0.192. The maximum absolute atomic E-state index is 12.7. The number of methoxy groups -OCH3 is 1. The van der Waals surface area contributed by atoms with Gasteiger partial charge in [-0.3, -0.25) is 4.79 Å². The quantitative estimate of drug-likeness (QED) is 0.793. The van der Waals surface area contributed by atoms with Gasteiger partial charge < -0.3 is 15.4 Å². The number of ether oxygens (including phenoxy) is 1. The second kappa shape index (κ2) is 8.24. The van der Waals surface area contributed by atoms with Crippen LogP contribution >= 0.6 is 0 Å². The zero-order valence-electron chi connectivity index (χ0n) is 12.5. The van der Waals surface area contributed by atoms with Gasteiger partial charge in [0.25, 0.3) is 0 Å². The van der Waals surface area contributed by atoms with Gasteiger partial charge in [-0.25, -0.2) is 9.18 Å². The highest BCUT2D eigenvalue weighted by atomic mass is 19.1. The van der Waals surface area contributed by atoms with Gasteiger partial charge in [0, 0.05) is 12.2 Å². The van der Waals surface area contributed by atoms with Crippen LogP contribution in [-0.4, -0.2) is 25.7 Å². The number of carbonyl (C=O) groups is 2. The number of nitrogens with one attached hydrogen (secondary N) is 2. The summed E-state index contributed by atoms with van der Waals surface area (Å²) in [5.74, 6) is -0.778. The molecular formula is C15H21FN2O3. The minimum Gasteiger partial charge on any atom is -0.469 e. The highest BCUT2D eigenvalue weighted by Crippen LogP contribution is 2.13. The van der Waals surface area contributed by atoms with Crippen molar-refractivity contribution in [3.8, 4) is 0 Å². The molecule has 1 atom stereocenters. The van der Waals surface area contributed by atoms with Gasteiger partial charge in [0.05, 0.1) is 13.0 Å². The van der Waals surface area contributed by atoms with Crippen molar-refractivity contribution in [2.75, 3.05) is 19.0 Å². The fourth-order valence-corrected chi connectivity index (χ4v) is 1.92. The van der Waals surface area contributed by atoms with Gasteiger partial charge in [-0.15, -0.1) is 0 Å². The first kappa shape index (κ1) is 16.9. The molecule has 0 saturated carbocycles. The van der Waals surface area contributed by atoms with Gasteiger partial charge in [-0.1, -0.05) is 13.8 Å². The average Bonchev–Trinajstić information content (AvgIpc) is 2.44. The third-order valence-electron chi connectivity index (χ3n) is 2.90. The fourth-order valence-electron chi connectivity index (χ4n) is 1.92. The summed E-state index contributed by atoms with van der Waals surface area (Å²) in [7, 11) is 1.33. The SMILES string of the molecule is COC(=O)[C@H](CNC(=O)Nc1ccc(F)cc1)CC(C)C. The van der Waals surface area contributed by atoms with Crippen LogP contribution in [0, 0.1) is 17.7 Å². The molecule has 116 valence electrons. The zero-order valence-corrected chi connectivity index (χ0v) is 12.5. The molecule has 0 bridgehead atoms. The van der Waals surface area contributed by atoms with Gasteiger partial charge in [0.15, 0.2) is 0 Å². The average molecular weight is 296 g/mol. The van der Waals surface area contributed by atoms with E-state index in [0.717, 1.165) is 0 Å². The van der Waals surface area contributed by atoms with Crippen LogP contribution in [0.3, 0.4) is 0 Å². The summed E-state index contributed by atoms with van der Waals surface area (Å²) in [5.41, 5.74) is 0.479. The Bertz CT molecular complexity index is 474. The van der Waals surface area contributed by atoms with Crippen molar-refractivity contribution in [1.29, 1.82) is 0 Å². The first-order valence-electron chi connectivity index (χ1n) is 6.80. The number of carbonyl (C=O) groups excluding carboxylic acids is 2. The lowest BCUT2D eigenvalue weighted by atomic mass is 9.97. The maximum Gasteiger partial charge on any atom is 0.319 e. The molecule has 1 rings (SSSR count). The van der Waals surface area contributed by atoms with Crippen molar-refractivity contribution >= 4 is 17.7 Å². The molecule has 0 aliphatic carbocycles. The summed E-state index contributed by atoms with van der Waals surface area (Å²) in [4.78, 5) is 23.4. The summed E-state index contributed by atoms with van der Waals surface area (Å²) >= 11 is 0. The predicted molar refractivity (Wildman–Crippen MR) is 78.4 cm³/mol. The zero-order chi connectivity index (χ0) is 15.8. The molecule has 0 spiro atoms. The molecule has 0 heterocycles. The molecule has 0 radical (unpaired) electrons. The molecule has 2 N–H and O–H groups in total. The smallest absolute Gasteiger partial charge is 0.319 e. The Kier molecular flexibility index (Phi) is 6.65. The van der Waals surface area contributed by atoms with E-state index in [0.29, 0.717) is 18.0 Å². The molecule has 2 amide bonds. The number of hydrogen-bond acceptors (Lipinski definition) is 3. The van der Waals surface area contributed by atoms with Crippen LogP contribution < -0.4 is 10.6 Å². The second-order valence-electron chi connectivity index (χ2n) is 5.19. The van der Waals surface area contributed by atoms with Crippen LogP contribution in [0.5, 0.6) is 0 Å². The molecule has 0 aliphatic rings. The van der Waals surface area contributed by atoms with E-state index in [4.69, 9.17) is 4.74 Å². The Hall–Kier alpha value is -2.11. The molecule has 0 unspecified atom stereocenters. The first-order chi connectivity index (χ1) is 9.92. The second-order valence-corrected chi connectivity index (χ2v) is 5.19. The van der Waals surface area contributed by atoms with E-state index in [1.807, 2.05) is 13.8 Å². The summed E-state index contributed by atoms with van der Waals surface area (Å²) in [6.45, 7) is 4.18. The van der Waals surface area contributed by atoms with E-state index in [2.05, 4.69) is 10.6 Å². The number of urea groups is 1. The Morgan fingerprint density at radius 2 is 1.86 bits per heavy atom. The van der Waals surface area contributed by atoms with Crippen molar-refractivity contribution in [3.05, 3.63) is 30.1 Å². The molecule has 21 heavy (non-hydrogen) atoms. The normalized spacial score (nSPS) is 11.9. The van der Waals surface area contributed by atoms with E-state index in [9.17, 15) is 14.0 Å². The third kappa shape index (κ3) is 6.25. The molecule has 0 aromatic heterocycles. The molecule has 1 aromatic carbocycles. The number of esters is 1. The molecule has 1 aromatic rings. The lowest BCUT2D eigenvalue weighted by Gasteiger charge is -2.17. The van der Waals surface area contributed by atoms with E-state index >= 15 is 0 Å². The van der Waals surface area contributed by atoms with Crippen molar-refractivity contribution in [3.63, 3.8) is 0 Å². The van der Waals surface area contributed by atoms with Crippen molar-refractivity contribution in [2.45, 2.75) is 20.3 Å². The molecule has 0 fully saturated rings. The first-order valence-corrected chi connectivity index (χ1v) is 6.80. The Balaban J connectivity index is 2.49. The maximum atomic E-state index is 12.7. The van der Waals surface area contributed by atoms with Crippen LogP contribution in [0.4, 0.5) is 14.9 Å². The van der Waals surface area contributed by atoms with Gasteiger partial charge in [-0.05, 0) is 36.6 Å². The van der Waals surface area contributed by atoms with Crippen molar-refractivity contribution in [1.82, 2.24) is 5.32 Å². The van der Waals surface area contributed by atoms with E-state index in [1.54, 1.807) is 0 Å². The number of halogens is 1. The van der Waals surface area contributed by atoms with Crippen LogP contribution in [0.25, 0.3) is 0 Å². The van der Waals surface area contributed by atoms with Crippen molar-refractivity contribution < 1.29 is 18.7 Å². The molecule has 5 nitrogen and oxygen atoms in total. The van der Waals surface area contributed by atoms with Gasteiger partial charge in [0.1, 0.15) is 5.82 Å². The summed E-state index contributed by atoms with van der Waals surface area (Å²) in [6.07, 6.45) is 0.628. The Labute approximate surface area is 123 Å². The van der Waals surface area contributed by atoms with Crippen LogP contribution in [0.15, 0.2) is 24.3 Å². The van der Waals surface area contributed by atoms with Crippen molar-refractivity contribution in [2.24, 2.45) is 11.8 Å². The number of anilines is 1. The van der Waals surface area contributed by atoms with Gasteiger partial charge in [-0.2, -0.15) is 0 Å². The fraction of sp³-hybridized carbons (Fsp3) is 0.467. The largest absolute Gasteiger partial charge is 0.469 e. The summed E-state index contributed by atoms with van der Waals surface area (Å²) in [5, 5.41) is 5.19. The summed E-state index contributed by atoms with van der Waals surface area (Å²) < 4.78 is 17.5. The minimum atomic E-state index is -0.445.